The number of hydrogen-bond acceptors (Lipinski definition) is 4. The standard InChI is InChI=1S/C17H25N5O/c1-20-9-14(7-18-20)10-22-6-5-15-8-19-21(2)17(15)16(22)12-23-11-13-3-4-13/h7-9,13,16H,3-6,10-12H2,1-2H3/t16-/m0/s1. The molecule has 2 aliphatic rings. The van der Waals surface area contributed by atoms with E-state index in [1.165, 1.54) is 29.7 Å². The Labute approximate surface area is 137 Å². The van der Waals surface area contributed by atoms with E-state index in [0.717, 1.165) is 38.6 Å². The van der Waals surface area contributed by atoms with E-state index in [1.807, 2.05) is 35.9 Å². The smallest absolute Gasteiger partial charge is 0.0760 e. The molecule has 4 rings (SSSR count). The van der Waals surface area contributed by atoms with Gasteiger partial charge in [-0.25, -0.2) is 0 Å². The van der Waals surface area contributed by atoms with Crippen LogP contribution in [0.2, 0.25) is 0 Å². The first-order valence-electron chi connectivity index (χ1n) is 8.51. The molecule has 1 atom stereocenters. The zero-order valence-corrected chi connectivity index (χ0v) is 14.0. The fourth-order valence-electron chi connectivity index (χ4n) is 3.50. The van der Waals surface area contributed by atoms with Crippen LogP contribution >= 0.6 is 0 Å². The van der Waals surface area contributed by atoms with Gasteiger partial charge in [0.1, 0.15) is 0 Å². The maximum Gasteiger partial charge on any atom is 0.0760 e. The molecule has 0 saturated heterocycles. The molecule has 124 valence electrons. The molecule has 1 aliphatic carbocycles. The minimum Gasteiger partial charge on any atom is -0.379 e. The van der Waals surface area contributed by atoms with Gasteiger partial charge in [0.2, 0.25) is 0 Å². The first-order valence-corrected chi connectivity index (χ1v) is 8.51. The van der Waals surface area contributed by atoms with Crippen molar-refractivity contribution in [2.45, 2.75) is 31.8 Å². The summed E-state index contributed by atoms with van der Waals surface area (Å²) < 4.78 is 9.94. The minimum atomic E-state index is 0.283. The summed E-state index contributed by atoms with van der Waals surface area (Å²) in [6.07, 6.45) is 9.80. The summed E-state index contributed by atoms with van der Waals surface area (Å²) in [5.74, 6) is 0.802. The van der Waals surface area contributed by atoms with Crippen molar-refractivity contribution in [2.24, 2.45) is 20.0 Å². The van der Waals surface area contributed by atoms with Gasteiger partial charge in [0, 0.05) is 45.6 Å². The summed E-state index contributed by atoms with van der Waals surface area (Å²) in [5, 5.41) is 8.76. The van der Waals surface area contributed by atoms with Gasteiger partial charge in [-0.3, -0.25) is 14.3 Å². The topological polar surface area (TPSA) is 48.1 Å². The molecule has 0 bridgehead atoms. The van der Waals surface area contributed by atoms with Crippen LogP contribution in [0.25, 0.3) is 0 Å². The predicted octanol–water partition coefficient (Wildman–Crippen LogP) is 1.68. The molecule has 1 saturated carbocycles. The fraction of sp³-hybridized carbons (Fsp3) is 0.647. The van der Waals surface area contributed by atoms with Crippen LogP contribution in [0.5, 0.6) is 0 Å². The summed E-state index contributed by atoms with van der Waals surface area (Å²) in [6, 6.07) is 0.283. The SMILES string of the molecule is Cn1cc(CN2CCc3cnn(C)c3[C@@H]2COCC2CC2)cn1. The Bertz CT molecular complexity index is 672. The van der Waals surface area contributed by atoms with E-state index in [9.17, 15) is 0 Å². The van der Waals surface area contributed by atoms with Gasteiger partial charge in [0.05, 0.1) is 30.7 Å². The first kappa shape index (κ1) is 14.9. The van der Waals surface area contributed by atoms with Gasteiger partial charge in [-0.1, -0.05) is 0 Å². The third-order valence-corrected chi connectivity index (χ3v) is 4.96. The van der Waals surface area contributed by atoms with E-state index >= 15 is 0 Å². The molecule has 3 heterocycles. The van der Waals surface area contributed by atoms with E-state index in [0.29, 0.717) is 0 Å². The van der Waals surface area contributed by atoms with Crippen molar-refractivity contribution in [3.05, 3.63) is 35.4 Å². The predicted molar refractivity (Wildman–Crippen MR) is 86.8 cm³/mol. The second-order valence-electron chi connectivity index (χ2n) is 6.92. The molecule has 23 heavy (non-hydrogen) atoms. The lowest BCUT2D eigenvalue weighted by molar-refractivity contribution is 0.0413. The van der Waals surface area contributed by atoms with E-state index in [-0.39, 0.29) is 6.04 Å². The second-order valence-corrected chi connectivity index (χ2v) is 6.92. The Morgan fingerprint density at radius 2 is 2.04 bits per heavy atom. The fourth-order valence-corrected chi connectivity index (χ4v) is 3.50. The number of aryl methyl sites for hydroxylation is 2. The zero-order valence-electron chi connectivity index (χ0n) is 14.0. The normalized spacial score (nSPS) is 21.6. The summed E-state index contributed by atoms with van der Waals surface area (Å²) in [6.45, 7) is 3.62. The summed E-state index contributed by atoms with van der Waals surface area (Å²) in [5.41, 5.74) is 3.94. The van der Waals surface area contributed by atoms with Crippen molar-refractivity contribution in [2.75, 3.05) is 19.8 Å². The third-order valence-electron chi connectivity index (χ3n) is 4.96. The lowest BCUT2D eigenvalue weighted by Crippen LogP contribution is -2.38. The number of fused-ring (bicyclic) bond motifs is 1. The molecule has 0 amide bonds. The van der Waals surface area contributed by atoms with Gasteiger partial charge in [0.15, 0.2) is 0 Å². The number of rotatable bonds is 6. The summed E-state index contributed by atoms with van der Waals surface area (Å²) in [7, 11) is 4.01. The molecule has 0 radical (unpaired) electrons. The highest BCUT2D eigenvalue weighted by Gasteiger charge is 2.31. The van der Waals surface area contributed by atoms with E-state index in [4.69, 9.17) is 4.74 Å². The molecular weight excluding hydrogens is 290 g/mol. The molecule has 6 heteroatoms. The maximum absolute atomic E-state index is 6.05. The lowest BCUT2D eigenvalue weighted by Gasteiger charge is -2.35. The molecule has 2 aromatic heterocycles. The zero-order chi connectivity index (χ0) is 15.8. The molecule has 1 fully saturated rings. The maximum atomic E-state index is 6.05. The van der Waals surface area contributed by atoms with Crippen LogP contribution in [0.3, 0.4) is 0 Å². The Hall–Kier alpha value is -1.66. The lowest BCUT2D eigenvalue weighted by atomic mass is 9.99. The minimum absolute atomic E-state index is 0.283. The van der Waals surface area contributed by atoms with Crippen molar-refractivity contribution < 1.29 is 4.74 Å². The first-order chi connectivity index (χ1) is 11.2. The van der Waals surface area contributed by atoms with Crippen LogP contribution in [0.15, 0.2) is 18.6 Å². The molecule has 1 aliphatic heterocycles. The monoisotopic (exact) mass is 315 g/mol. The van der Waals surface area contributed by atoms with Crippen molar-refractivity contribution in [3.8, 4) is 0 Å². The summed E-state index contributed by atoms with van der Waals surface area (Å²) >= 11 is 0. The van der Waals surface area contributed by atoms with E-state index in [1.54, 1.807) is 0 Å². The second kappa shape index (κ2) is 6.09. The number of hydrogen-bond donors (Lipinski definition) is 0. The van der Waals surface area contributed by atoms with Crippen LogP contribution in [-0.4, -0.2) is 44.2 Å². The molecule has 0 spiro atoms. The number of nitrogens with zero attached hydrogens (tertiary/aromatic N) is 5. The highest BCUT2D eigenvalue weighted by Crippen LogP contribution is 2.33. The van der Waals surface area contributed by atoms with Gasteiger partial charge in [0.25, 0.3) is 0 Å². The molecule has 0 unspecified atom stereocenters. The Morgan fingerprint density at radius 3 is 2.78 bits per heavy atom. The molecular formula is C17H25N5O. The van der Waals surface area contributed by atoms with Crippen molar-refractivity contribution in [1.82, 2.24) is 24.5 Å². The Morgan fingerprint density at radius 1 is 1.17 bits per heavy atom. The highest BCUT2D eigenvalue weighted by molar-refractivity contribution is 5.25. The largest absolute Gasteiger partial charge is 0.379 e. The van der Waals surface area contributed by atoms with Crippen LogP contribution in [0, 0.1) is 5.92 Å². The van der Waals surface area contributed by atoms with Crippen LogP contribution in [0.4, 0.5) is 0 Å². The van der Waals surface area contributed by atoms with Crippen LogP contribution < -0.4 is 0 Å². The molecule has 6 nitrogen and oxygen atoms in total. The van der Waals surface area contributed by atoms with E-state index in [2.05, 4.69) is 21.3 Å². The number of ether oxygens (including phenoxy) is 1. The van der Waals surface area contributed by atoms with Gasteiger partial charge in [-0.2, -0.15) is 10.2 Å². The summed E-state index contributed by atoms with van der Waals surface area (Å²) in [4.78, 5) is 2.51. The van der Waals surface area contributed by atoms with Gasteiger partial charge >= 0.3 is 0 Å². The van der Waals surface area contributed by atoms with Crippen LogP contribution in [-0.2, 0) is 31.8 Å². The van der Waals surface area contributed by atoms with Crippen molar-refractivity contribution >= 4 is 0 Å². The van der Waals surface area contributed by atoms with Gasteiger partial charge in [-0.15, -0.1) is 0 Å². The van der Waals surface area contributed by atoms with Crippen molar-refractivity contribution in [1.29, 1.82) is 0 Å². The highest BCUT2D eigenvalue weighted by atomic mass is 16.5. The van der Waals surface area contributed by atoms with Gasteiger partial charge in [-0.05, 0) is 30.7 Å². The Balaban J connectivity index is 1.52. The van der Waals surface area contributed by atoms with Crippen molar-refractivity contribution in [3.63, 3.8) is 0 Å². The van der Waals surface area contributed by atoms with Crippen LogP contribution in [0.1, 0.15) is 35.7 Å². The average Bonchev–Trinajstić information content (AvgIpc) is 3.16. The Kier molecular flexibility index (Phi) is 3.95. The third kappa shape index (κ3) is 3.19. The van der Waals surface area contributed by atoms with Gasteiger partial charge < -0.3 is 4.74 Å². The van der Waals surface area contributed by atoms with E-state index < -0.39 is 0 Å². The average molecular weight is 315 g/mol. The molecule has 0 N–H and O–H groups in total. The molecule has 0 aromatic carbocycles. The number of aromatic nitrogens is 4. The molecule has 2 aromatic rings. The quantitative estimate of drug-likeness (QED) is 0.814.